The van der Waals surface area contributed by atoms with E-state index in [9.17, 15) is 0 Å². The van der Waals surface area contributed by atoms with E-state index in [1.54, 1.807) is 11.3 Å². The molecule has 0 radical (unpaired) electrons. The van der Waals surface area contributed by atoms with Crippen molar-refractivity contribution in [1.29, 1.82) is 0 Å². The molecular weight excluding hydrogens is 298 g/mol. The van der Waals surface area contributed by atoms with Gasteiger partial charge >= 0.3 is 0 Å². The minimum absolute atomic E-state index is 0.841. The molecule has 2 heterocycles. The molecule has 0 saturated carbocycles. The summed E-state index contributed by atoms with van der Waals surface area (Å²) in [5, 5.41) is 3.38. The molecule has 0 bridgehead atoms. The van der Waals surface area contributed by atoms with E-state index in [2.05, 4.69) is 49.9 Å². The van der Waals surface area contributed by atoms with Gasteiger partial charge in [-0.15, -0.1) is 11.3 Å². The van der Waals surface area contributed by atoms with Crippen LogP contribution in [0.2, 0.25) is 0 Å². The number of rotatable bonds is 6. The van der Waals surface area contributed by atoms with Gasteiger partial charge in [0.15, 0.2) is 0 Å². The lowest BCUT2D eigenvalue weighted by atomic mass is 10.4. The molecule has 5 heteroatoms. The van der Waals surface area contributed by atoms with Crippen molar-refractivity contribution in [3.05, 3.63) is 39.0 Å². The van der Waals surface area contributed by atoms with Crippen LogP contribution in [-0.2, 0) is 13.1 Å². The number of aromatic nitrogens is 2. The number of thiophene rings is 1. The summed E-state index contributed by atoms with van der Waals surface area (Å²) < 4.78 is 3.37. The molecule has 0 aliphatic rings. The van der Waals surface area contributed by atoms with Gasteiger partial charge in [-0.3, -0.25) is 0 Å². The summed E-state index contributed by atoms with van der Waals surface area (Å²) >= 11 is 5.26. The highest BCUT2D eigenvalue weighted by Gasteiger charge is 2.04. The molecule has 1 N–H and O–H groups in total. The lowest BCUT2D eigenvalue weighted by Gasteiger charge is -2.07. The van der Waals surface area contributed by atoms with Crippen molar-refractivity contribution in [2.45, 2.75) is 26.4 Å². The van der Waals surface area contributed by atoms with Crippen molar-refractivity contribution in [2.75, 3.05) is 6.54 Å². The maximum absolute atomic E-state index is 4.38. The van der Waals surface area contributed by atoms with Crippen LogP contribution < -0.4 is 5.32 Å². The number of nitrogens with zero attached hydrogens (tertiary/aromatic N) is 2. The molecule has 2 aromatic rings. The van der Waals surface area contributed by atoms with Crippen LogP contribution in [0.5, 0.6) is 0 Å². The highest BCUT2D eigenvalue weighted by atomic mass is 79.9. The molecule has 0 atom stereocenters. The van der Waals surface area contributed by atoms with Crippen molar-refractivity contribution in [3.8, 4) is 0 Å². The zero-order valence-corrected chi connectivity index (χ0v) is 12.2. The van der Waals surface area contributed by atoms with Gasteiger partial charge in [-0.1, -0.05) is 6.92 Å². The number of imidazole rings is 1. The predicted molar refractivity (Wildman–Crippen MR) is 75.3 cm³/mol. The number of nitrogens with one attached hydrogen (secondary N) is 1. The van der Waals surface area contributed by atoms with Gasteiger partial charge in [-0.2, -0.15) is 0 Å². The second-order valence-electron chi connectivity index (χ2n) is 3.85. The number of halogens is 1. The molecular formula is C12H16BrN3S. The van der Waals surface area contributed by atoms with E-state index in [1.165, 1.54) is 8.66 Å². The molecule has 0 saturated heterocycles. The molecule has 0 aliphatic carbocycles. The van der Waals surface area contributed by atoms with E-state index >= 15 is 0 Å². The topological polar surface area (TPSA) is 29.9 Å². The van der Waals surface area contributed by atoms with E-state index in [0.717, 1.165) is 31.9 Å². The van der Waals surface area contributed by atoms with Gasteiger partial charge in [0.25, 0.3) is 0 Å². The first-order valence-electron chi connectivity index (χ1n) is 5.74. The van der Waals surface area contributed by atoms with Crippen LogP contribution in [0.1, 0.15) is 24.0 Å². The van der Waals surface area contributed by atoms with Crippen molar-refractivity contribution in [3.63, 3.8) is 0 Å². The van der Waals surface area contributed by atoms with Gasteiger partial charge in [0.1, 0.15) is 5.82 Å². The van der Waals surface area contributed by atoms with Gasteiger partial charge in [0.2, 0.25) is 0 Å². The normalized spacial score (nSPS) is 10.9. The summed E-state index contributed by atoms with van der Waals surface area (Å²) in [7, 11) is 0. The van der Waals surface area contributed by atoms with Gasteiger partial charge in [0, 0.05) is 17.3 Å². The molecule has 0 amide bonds. The lowest BCUT2D eigenvalue weighted by Crippen LogP contribution is -2.17. The van der Waals surface area contributed by atoms with E-state index < -0.39 is 0 Å². The fourth-order valence-electron chi connectivity index (χ4n) is 1.63. The highest BCUT2D eigenvalue weighted by Crippen LogP contribution is 2.23. The third kappa shape index (κ3) is 3.66. The van der Waals surface area contributed by atoms with Crippen LogP contribution in [0.25, 0.3) is 0 Å². The molecule has 2 rings (SSSR count). The standard InChI is InChI=1S/C12H16BrN3S/c1-2-5-14-8-12-15-6-7-16(12)9-10-3-4-11(13)17-10/h3-4,6-7,14H,2,5,8-9H2,1H3. The van der Waals surface area contributed by atoms with Gasteiger partial charge < -0.3 is 9.88 Å². The Labute approximate surface area is 114 Å². The molecule has 2 aromatic heterocycles. The Morgan fingerprint density at radius 2 is 2.35 bits per heavy atom. The molecule has 0 spiro atoms. The van der Waals surface area contributed by atoms with Crippen LogP contribution in [0.15, 0.2) is 28.3 Å². The number of hydrogen-bond acceptors (Lipinski definition) is 3. The molecule has 0 fully saturated rings. The molecule has 0 unspecified atom stereocenters. The third-order valence-corrected chi connectivity index (χ3v) is 4.08. The largest absolute Gasteiger partial charge is 0.329 e. The van der Waals surface area contributed by atoms with Crippen LogP contribution in [-0.4, -0.2) is 16.1 Å². The van der Waals surface area contributed by atoms with E-state index in [0.29, 0.717) is 0 Å². The molecule has 92 valence electrons. The highest BCUT2D eigenvalue weighted by molar-refractivity contribution is 9.11. The monoisotopic (exact) mass is 313 g/mol. The van der Waals surface area contributed by atoms with E-state index in [1.807, 2.05) is 12.4 Å². The molecule has 17 heavy (non-hydrogen) atoms. The number of hydrogen-bond donors (Lipinski definition) is 1. The van der Waals surface area contributed by atoms with Crippen LogP contribution in [0, 0.1) is 0 Å². The summed E-state index contributed by atoms with van der Waals surface area (Å²) in [6.07, 6.45) is 5.06. The van der Waals surface area contributed by atoms with Crippen molar-refractivity contribution in [1.82, 2.24) is 14.9 Å². The first-order chi connectivity index (χ1) is 8.29. The van der Waals surface area contributed by atoms with Crippen molar-refractivity contribution < 1.29 is 0 Å². The van der Waals surface area contributed by atoms with Crippen molar-refractivity contribution in [2.24, 2.45) is 0 Å². The summed E-state index contributed by atoms with van der Waals surface area (Å²) in [6, 6.07) is 4.24. The fraction of sp³-hybridized carbons (Fsp3) is 0.417. The second-order valence-corrected chi connectivity index (χ2v) is 6.40. The minimum Gasteiger partial charge on any atom is -0.329 e. The average molecular weight is 314 g/mol. The van der Waals surface area contributed by atoms with Gasteiger partial charge in [-0.25, -0.2) is 4.98 Å². The molecule has 3 nitrogen and oxygen atoms in total. The minimum atomic E-state index is 0.841. The molecule has 0 aromatic carbocycles. The Kier molecular flexibility index (Phi) is 4.76. The maximum atomic E-state index is 4.38. The first-order valence-corrected chi connectivity index (χ1v) is 7.35. The van der Waals surface area contributed by atoms with Crippen molar-refractivity contribution >= 4 is 27.3 Å². The summed E-state index contributed by atoms with van der Waals surface area (Å²) in [6.45, 7) is 4.95. The Morgan fingerprint density at radius 1 is 1.47 bits per heavy atom. The Hall–Kier alpha value is -0.650. The summed E-state index contributed by atoms with van der Waals surface area (Å²) in [4.78, 5) is 5.72. The SMILES string of the molecule is CCCNCc1nccn1Cc1ccc(Br)s1. The Morgan fingerprint density at radius 3 is 3.06 bits per heavy atom. The molecule has 0 aliphatic heterocycles. The van der Waals surface area contributed by atoms with Gasteiger partial charge in [-0.05, 0) is 41.0 Å². The zero-order valence-electron chi connectivity index (χ0n) is 9.82. The summed E-state index contributed by atoms with van der Waals surface area (Å²) in [5.41, 5.74) is 0. The quantitative estimate of drug-likeness (QED) is 0.830. The summed E-state index contributed by atoms with van der Waals surface area (Å²) in [5.74, 6) is 1.10. The second kappa shape index (κ2) is 6.33. The smallest absolute Gasteiger partial charge is 0.122 e. The average Bonchev–Trinajstić information content (AvgIpc) is 2.90. The van der Waals surface area contributed by atoms with E-state index in [4.69, 9.17) is 0 Å². The van der Waals surface area contributed by atoms with Crippen LogP contribution >= 0.6 is 27.3 Å². The zero-order chi connectivity index (χ0) is 12.1. The predicted octanol–water partition coefficient (Wildman–Crippen LogP) is 3.26. The first kappa shape index (κ1) is 12.8. The Bertz CT molecular complexity index is 464. The van der Waals surface area contributed by atoms with Crippen LogP contribution in [0.3, 0.4) is 0 Å². The fourth-order valence-corrected chi connectivity index (χ4v) is 3.11. The van der Waals surface area contributed by atoms with Crippen LogP contribution in [0.4, 0.5) is 0 Å². The lowest BCUT2D eigenvalue weighted by molar-refractivity contribution is 0.617. The maximum Gasteiger partial charge on any atom is 0.122 e. The van der Waals surface area contributed by atoms with Gasteiger partial charge in [0.05, 0.1) is 16.9 Å². The third-order valence-electron chi connectivity index (χ3n) is 2.47. The Balaban J connectivity index is 1.98. The van der Waals surface area contributed by atoms with E-state index in [-0.39, 0.29) is 0 Å².